The molecule has 2 rings (SSSR count). The number of rotatable bonds is 5. The van der Waals surface area contributed by atoms with Gasteiger partial charge in [-0.1, -0.05) is 22.0 Å². The van der Waals surface area contributed by atoms with Crippen molar-refractivity contribution in [3.05, 3.63) is 57.8 Å². The van der Waals surface area contributed by atoms with Gasteiger partial charge >= 0.3 is 0 Å². The highest BCUT2D eigenvalue weighted by Crippen LogP contribution is 2.25. The second-order valence-electron chi connectivity index (χ2n) is 4.14. The molecule has 3 nitrogen and oxygen atoms in total. The Morgan fingerprint density at radius 3 is 2.75 bits per heavy atom. The van der Waals surface area contributed by atoms with Crippen LogP contribution >= 0.6 is 15.9 Å². The van der Waals surface area contributed by atoms with Crippen molar-refractivity contribution in [3.8, 4) is 5.75 Å². The normalized spacial score (nSPS) is 10.6. The number of pyridine rings is 1. The first-order valence-electron chi connectivity index (χ1n) is 5.97. The molecular formula is C14H13BrF2N2O. The molecule has 0 bridgehead atoms. The first-order chi connectivity index (χ1) is 9.60. The van der Waals surface area contributed by atoms with Gasteiger partial charge < -0.3 is 10.1 Å². The molecule has 0 saturated heterocycles. The summed E-state index contributed by atoms with van der Waals surface area (Å²) in [7, 11) is 1.82. The van der Waals surface area contributed by atoms with E-state index in [1.807, 2.05) is 19.2 Å². The van der Waals surface area contributed by atoms with Gasteiger partial charge in [0.2, 0.25) is 5.82 Å². The van der Waals surface area contributed by atoms with Gasteiger partial charge in [-0.05, 0) is 31.3 Å². The molecule has 1 N–H and O–H groups in total. The van der Waals surface area contributed by atoms with E-state index in [0.29, 0.717) is 16.7 Å². The summed E-state index contributed by atoms with van der Waals surface area (Å²) in [6, 6.07) is 7.92. The number of aromatic nitrogens is 1. The van der Waals surface area contributed by atoms with Gasteiger partial charge in [-0.15, -0.1) is 0 Å². The van der Waals surface area contributed by atoms with Crippen LogP contribution in [0.15, 0.2) is 34.8 Å². The maximum atomic E-state index is 13.5. The fourth-order valence-corrected chi connectivity index (χ4v) is 2.09. The second-order valence-corrected chi connectivity index (χ2v) is 5.05. The minimum absolute atomic E-state index is 0.0738. The lowest BCUT2D eigenvalue weighted by molar-refractivity contribution is 0.280. The van der Waals surface area contributed by atoms with Crippen LogP contribution in [0.25, 0.3) is 0 Å². The van der Waals surface area contributed by atoms with E-state index in [4.69, 9.17) is 4.74 Å². The average molecular weight is 343 g/mol. The predicted octanol–water partition coefficient (Wildman–Crippen LogP) is 3.42. The molecule has 0 spiro atoms. The Morgan fingerprint density at radius 2 is 2.00 bits per heavy atom. The average Bonchev–Trinajstić information content (AvgIpc) is 2.42. The molecule has 20 heavy (non-hydrogen) atoms. The molecule has 1 heterocycles. The van der Waals surface area contributed by atoms with Crippen molar-refractivity contribution >= 4 is 15.9 Å². The van der Waals surface area contributed by atoms with E-state index in [1.165, 1.54) is 6.07 Å². The molecule has 0 radical (unpaired) electrons. The minimum atomic E-state index is -1.00. The molecule has 0 aliphatic rings. The second kappa shape index (κ2) is 6.76. The Kier molecular flexibility index (Phi) is 5.03. The first kappa shape index (κ1) is 14.9. The minimum Gasteiger partial charge on any atom is -0.484 e. The quantitative estimate of drug-likeness (QED) is 0.845. The molecule has 1 aromatic carbocycles. The van der Waals surface area contributed by atoms with E-state index in [2.05, 4.69) is 26.2 Å². The van der Waals surface area contributed by atoms with Gasteiger partial charge in [0.25, 0.3) is 0 Å². The fraction of sp³-hybridized carbons (Fsp3) is 0.214. The predicted molar refractivity (Wildman–Crippen MR) is 75.4 cm³/mol. The Hall–Kier alpha value is -1.53. The maximum Gasteiger partial charge on any atom is 0.200 e. The van der Waals surface area contributed by atoms with E-state index in [0.717, 1.165) is 11.8 Å². The third-order valence-corrected chi connectivity index (χ3v) is 3.02. The van der Waals surface area contributed by atoms with Gasteiger partial charge in [0.05, 0.1) is 11.4 Å². The van der Waals surface area contributed by atoms with Crippen LogP contribution in [0.4, 0.5) is 8.78 Å². The zero-order valence-electron chi connectivity index (χ0n) is 10.8. The third kappa shape index (κ3) is 3.74. The summed E-state index contributed by atoms with van der Waals surface area (Å²) in [6.45, 7) is 0.706. The molecule has 2 aromatic rings. The largest absolute Gasteiger partial charge is 0.484 e. The number of nitrogens with zero attached hydrogens (tertiary/aromatic N) is 1. The number of halogens is 3. The standard InChI is InChI=1S/C14H13BrF2N2O/c1-18-7-10-3-2-4-11(19-10)8-20-13-6-9(15)5-12(16)14(13)17/h2-6,18H,7-8H2,1H3. The lowest BCUT2D eigenvalue weighted by Gasteiger charge is -2.09. The molecule has 0 aliphatic heterocycles. The molecule has 0 amide bonds. The molecule has 106 valence electrons. The Labute approximate surface area is 124 Å². The van der Waals surface area contributed by atoms with Gasteiger partial charge in [-0.3, -0.25) is 4.98 Å². The van der Waals surface area contributed by atoms with Crippen molar-refractivity contribution in [1.29, 1.82) is 0 Å². The Bertz CT molecular complexity index is 608. The van der Waals surface area contributed by atoms with Crippen LogP contribution in [-0.2, 0) is 13.2 Å². The van der Waals surface area contributed by atoms with Gasteiger partial charge in [0, 0.05) is 11.0 Å². The van der Waals surface area contributed by atoms with Gasteiger partial charge in [-0.25, -0.2) is 4.39 Å². The van der Waals surface area contributed by atoms with Crippen LogP contribution in [0.1, 0.15) is 11.4 Å². The summed E-state index contributed by atoms with van der Waals surface area (Å²) in [4.78, 5) is 4.34. The van der Waals surface area contributed by atoms with Crippen molar-refractivity contribution < 1.29 is 13.5 Å². The highest BCUT2D eigenvalue weighted by Gasteiger charge is 2.11. The van der Waals surface area contributed by atoms with Gasteiger partial charge in [0.15, 0.2) is 11.6 Å². The smallest absolute Gasteiger partial charge is 0.200 e. The third-order valence-electron chi connectivity index (χ3n) is 2.56. The number of benzene rings is 1. The summed E-state index contributed by atoms with van der Waals surface area (Å²) < 4.78 is 32.5. The number of ether oxygens (including phenoxy) is 1. The molecule has 6 heteroatoms. The van der Waals surface area contributed by atoms with Crippen LogP contribution in [-0.4, -0.2) is 12.0 Å². The summed E-state index contributed by atoms with van der Waals surface area (Å²) in [5, 5.41) is 2.99. The zero-order chi connectivity index (χ0) is 14.5. The van der Waals surface area contributed by atoms with Gasteiger partial charge in [0.1, 0.15) is 6.61 Å². The fourth-order valence-electron chi connectivity index (χ4n) is 1.68. The van der Waals surface area contributed by atoms with Crippen molar-refractivity contribution in [1.82, 2.24) is 10.3 Å². The number of nitrogens with one attached hydrogen (secondary N) is 1. The summed E-state index contributed by atoms with van der Waals surface area (Å²) >= 11 is 3.09. The molecule has 0 saturated carbocycles. The van der Waals surface area contributed by atoms with E-state index in [-0.39, 0.29) is 12.4 Å². The Morgan fingerprint density at radius 1 is 1.25 bits per heavy atom. The van der Waals surface area contributed by atoms with Crippen molar-refractivity contribution in [2.24, 2.45) is 0 Å². The number of hydrogen-bond donors (Lipinski definition) is 1. The zero-order valence-corrected chi connectivity index (χ0v) is 12.4. The van der Waals surface area contributed by atoms with E-state index < -0.39 is 11.6 Å². The summed E-state index contributed by atoms with van der Waals surface area (Å²) in [5.74, 6) is -2.09. The van der Waals surface area contributed by atoms with Crippen LogP contribution in [0.5, 0.6) is 5.75 Å². The van der Waals surface area contributed by atoms with E-state index >= 15 is 0 Å². The molecule has 0 atom stereocenters. The SMILES string of the molecule is CNCc1cccc(COc2cc(Br)cc(F)c2F)n1. The molecule has 0 fully saturated rings. The molecule has 1 aromatic heterocycles. The van der Waals surface area contributed by atoms with Crippen molar-refractivity contribution in [2.75, 3.05) is 7.05 Å². The van der Waals surface area contributed by atoms with Crippen molar-refractivity contribution in [2.45, 2.75) is 13.2 Å². The molecular weight excluding hydrogens is 330 g/mol. The first-order valence-corrected chi connectivity index (χ1v) is 6.76. The molecule has 0 unspecified atom stereocenters. The topological polar surface area (TPSA) is 34.1 Å². The Balaban J connectivity index is 2.10. The highest BCUT2D eigenvalue weighted by atomic mass is 79.9. The van der Waals surface area contributed by atoms with Gasteiger partial charge in [-0.2, -0.15) is 4.39 Å². The lowest BCUT2D eigenvalue weighted by Crippen LogP contribution is -2.09. The van der Waals surface area contributed by atoms with Crippen LogP contribution in [0.2, 0.25) is 0 Å². The van der Waals surface area contributed by atoms with Crippen LogP contribution < -0.4 is 10.1 Å². The van der Waals surface area contributed by atoms with Crippen molar-refractivity contribution in [3.63, 3.8) is 0 Å². The maximum absolute atomic E-state index is 13.5. The highest BCUT2D eigenvalue weighted by molar-refractivity contribution is 9.10. The van der Waals surface area contributed by atoms with Crippen LogP contribution in [0, 0.1) is 11.6 Å². The molecule has 0 aliphatic carbocycles. The van der Waals surface area contributed by atoms with Crippen LogP contribution in [0.3, 0.4) is 0 Å². The monoisotopic (exact) mass is 342 g/mol. The lowest BCUT2D eigenvalue weighted by atomic mass is 10.3. The summed E-state index contributed by atoms with van der Waals surface area (Å²) in [5.41, 5.74) is 1.51. The summed E-state index contributed by atoms with van der Waals surface area (Å²) in [6.07, 6.45) is 0. The van der Waals surface area contributed by atoms with E-state index in [1.54, 1.807) is 6.07 Å². The number of hydrogen-bond acceptors (Lipinski definition) is 3. The van der Waals surface area contributed by atoms with E-state index in [9.17, 15) is 8.78 Å².